The van der Waals surface area contributed by atoms with Crippen LogP contribution in [0.4, 0.5) is 5.82 Å². The number of carbonyl (C=O) groups excluding carboxylic acids is 1. The Morgan fingerprint density at radius 3 is 3.06 bits per heavy atom. The Balaban J connectivity index is 2.33. The minimum Gasteiger partial charge on any atom is -0.465 e. The number of rotatable bonds is 2. The van der Waals surface area contributed by atoms with E-state index >= 15 is 0 Å². The lowest BCUT2D eigenvalue weighted by atomic mass is 10.2. The molecular weight excluding hydrogens is 250 g/mol. The van der Waals surface area contributed by atoms with E-state index in [4.69, 9.17) is 4.74 Å². The molecule has 18 heavy (non-hydrogen) atoms. The van der Waals surface area contributed by atoms with Crippen molar-refractivity contribution in [3.8, 4) is 0 Å². The van der Waals surface area contributed by atoms with Crippen LogP contribution in [0.15, 0.2) is 6.20 Å². The van der Waals surface area contributed by atoms with E-state index in [0.717, 1.165) is 31.0 Å². The molecule has 1 saturated heterocycles. The first-order valence-electron chi connectivity index (χ1n) is 5.97. The number of anilines is 1. The molecule has 0 aliphatic carbocycles. The number of hydrogen-bond acceptors (Lipinski definition) is 6. The van der Waals surface area contributed by atoms with Crippen LogP contribution >= 0.6 is 11.8 Å². The van der Waals surface area contributed by atoms with Crippen molar-refractivity contribution in [2.45, 2.75) is 13.3 Å². The Hall–Kier alpha value is -1.30. The number of ether oxygens (including phenoxy) is 1. The van der Waals surface area contributed by atoms with Crippen molar-refractivity contribution in [3.63, 3.8) is 0 Å². The number of aromatic nitrogens is 2. The Morgan fingerprint density at radius 2 is 2.28 bits per heavy atom. The van der Waals surface area contributed by atoms with E-state index < -0.39 is 0 Å². The van der Waals surface area contributed by atoms with Gasteiger partial charge in [-0.3, -0.25) is 0 Å². The average Bonchev–Trinajstić information content (AvgIpc) is 2.66. The summed E-state index contributed by atoms with van der Waals surface area (Å²) < 4.78 is 4.79. The number of esters is 1. The van der Waals surface area contributed by atoms with Gasteiger partial charge in [0.15, 0.2) is 0 Å². The zero-order valence-electron chi connectivity index (χ0n) is 10.7. The van der Waals surface area contributed by atoms with Gasteiger partial charge < -0.3 is 9.64 Å². The van der Waals surface area contributed by atoms with Gasteiger partial charge in [0.25, 0.3) is 0 Å². The first-order chi connectivity index (χ1) is 8.72. The Labute approximate surface area is 111 Å². The predicted molar refractivity (Wildman–Crippen MR) is 72.3 cm³/mol. The maximum atomic E-state index is 11.7. The third-order valence-electron chi connectivity index (χ3n) is 2.82. The molecule has 0 atom stereocenters. The Bertz CT molecular complexity index is 431. The molecule has 1 aromatic heterocycles. The van der Waals surface area contributed by atoms with E-state index in [1.165, 1.54) is 7.11 Å². The fourth-order valence-corrected chi connectivity index (χ4v) is 2.80. The summed E-state index contributed by atoms with van der Waals surface area (Å²) >= 11 is 1.94. The number of carbonyl (C=O) groups is 1. The van der Waals surface area contributed by atoms with E-state index in [-0.39, 0.29) is 5.97 Å². The van der Waals surface area contributed by atoms with Crippen molar-refractivity contribution < 1.29 is 9.53 Å². The zero-order valence-corrected chi connectivity index (χ0v) is 11.5. The summed E-state index contributed by atoms with van der Waals surface area (Å²) in [5.41, 5.74) is 0.454. The summed E-state index contributed by atoms with van der Waals surface area (Å²) in [6.07, 6.45) is 2.66. The molecule has 0 spiro atoms. The van der Waals surface area contributed by atoms with Gasteiger partial charge in [-0.15, -0.1) is 0 Å². The molecule has 0 aromatic carbocycles. The number of aryl methyl sites for hydroxylation is 1. The average molecular weight is 267 g/mol. The molecule has 98 valence electrons. The van der Waals surface area contributed by atoms with Gasteiger partial charge in [-0.1, -0.05) is 0 Å². The quantitative estimate of drug-likeness (QED) is 0.757. The van der Waals surface area contributed by atoms with Crippen molar-refractivity contribution in [2.24, 2.45) is 0 Å². The minimum absolute atomic E-state index is 0.373. The smallest absolute Gasteiger partial charge is 0.343 e. The monoisotopic (exact) mass is 267 g/mol. The van der Waals surface area contributed by atoms with Gasteiger partial charge >= 0.3 is 5.97 Å². The van der Waals surface area contributed by atoms with Gasteiger partial charge in [-0.2, -0.15) is 11.8 Å². The van der Waals surface area contributed by atoms with Crippen molar-refractivity contribution in [2.75, 3.05) is 36.6 Å². The van der Waals surface area contributed by atoms with Crippen LogP contribution in [0.25, 0.3) is 0 Å². The lowest BCUT2D eigenvalue weighted by Gasteiger charge is -2.23. The van der Waals surface area contributed by atoms with E-state index in [9.17, 15) is 4.79 Å². The summed E-state index contributed by atoms with van der Waals surface area (Å²) in [5.74, 6) is 3.23. The first-order valence-corrected chi connectivity index (χ1v) is 7.12. The van der Waals surface area contributed by atoms with Crippen molar-refractivity contribution in [1.82, 2.24) is 9.97 Å². The summed E-state index contributed by atoms with van der Waals surface area (Å²) in [5, 5.41) is 0. The van der Waals surface area contributed by atoms with E-state index in [1.54, 1.807) is 6.20 Å². The molecule has 0 amide bonds. The summed E-state index contributed by atoms with van der Waals surface area (Å²) in [6.45, 7) is 3.66. The second-order valence-electron chi connectivity index (χ2n) is 4.10. The number of nitrogens with zero attached hydrogens (tertiary/aromatic N) is 3. The van der Waals surface area contributed by atoms with Gasteiger partial charge in [0.1, 0.15) is 17.2 Å². The minimum atomic E-state index is -0.373. The molecule has 1 aliphatic rings. The molecule has 0 unspecified atom stereocenters. The van der Waals surface area contributed by atoms with Crippen molar-refractivity contribution in [3.05, 3.63) is 17.6 Å². The second kappa shape index (κ2) is 6.04. The maximum Gasteiger partial charge on any atom is 0.343 e. The highest BCUT2D eigenvalue weighted by atomic mass is 32.2. The molecule has 1 aliphatic heterocycles. The van der Waals surface area contributed by atoms with Crippen LogP contribution in [-0.4, -0.2) is 47.6 Å². The van der Waals surface area contributed by atoms with Crippen LogP contribution in [0.3, 0.4) is 0 Å². The third kappa shape index (κ3) is 2.93. The molecule has 0 N–H and O–H groups in total. The number of hydrogen-bond donors (Lipinski definition) is 0. The molecule has 0 radical (unpaired) electrons. The molecule has 2 heterocycles. The van der Waals surface area contributed by atoms with E-state index in [2.05, 4.69) is 14.9 Å². The van der Waals surface area contributed by atoms with Gasteiger partial charge in [0, 0.05) is 25.0 Å². The Kier molecular flexibility index (Phi) is 4.41. The molecule has 1 aromatic rings. The molecule has 5 nitrogen and oxygen atoms in total. The van der Waals surface area contributed by atoms with Crippen LogP contribution in [0, 0.1) is 6.92 Å². The molecule has 1 fully saturated rings. The number of thioether (sulfide) groups is 1. The van der Waals surface area contributed by atoms with Gasteiger partial charge in [-0.05, 0) is 19.1 Å². The molecule has 2 rings (SSSR count). The number of methoxy groups -OCH3 is 1. The predicted octanol–water partition coefficient (Wildman–Crippen LogP) is 1.51. The van der Waals surface area contributed by atoms with Gasteiger partial charge in [-0.25, -0.2) is 14.8 Å². The second-order valence-corrected chi connectivity index (χ2v) is 5.32. The van der Waals surface area contributed by atoms with Crippen LogP contribution in [0.2, 0.25) is 0 Å². The molecule has 0 saturated carbocycles. The van der Waals surface area contributed by atoms with Crippen LogP contribution in [0.5, 0.6) is 0 Å². The van der Waals surface area contributed by atoms with Crippen molar-refractivity contribution in [1.29, 1.82) is 0 Å². The fraction of sp³-hybridized carbons (Fsp3) is 0.583. The topological polar surface area (TPSA) is 55.3 Å². The maximum absolute atomic E-state index is 11.7. The molecule has 0 bridgehead atoms. The Morgan fingerprint density at radius 1 is 1.44 bits per heavy atom. The van der Waals surface area contributed by atoms with Crippen LogP contribution in [0.1, 0.15) is 22.6 Å². The summed E-state index contributed by atoms with van der Waals surface area (Å²) in [4.78, 5) is 22.4. The van der Waals surface area contributed by atoms with E-state index in [1.807, 2.05) is 18.7 Å². The first kappa shape index (κ1) is 13.1. The fourth-order valence-electron chi connectivity index (χ4n) is 1.91. The standard InChI is InChI=1S/C12H17N3O2S/c1-9-13-8-10(12(16)17-2)11(14-9)15-4-3-6-18-7-5-15/h8H,3-7H2,1-2H3. The summed E-state index contributed by atoms with van der Waals surface area (Å²) in [7, 11) is 1.38. The van der Waals surface area contributed by atoms with Crippen LogP contribution < -0.4 is 4.90 Å². The zero-order chi connectivity index (χ0) is 13.0. The lowest BCUT2D eigenvalue weighted by Crippen LogP contribution is -2.29. The highest BCUT2D eigenvalue weighted by Crippen LogP contribution is 2.21. The summed E-state index contributed by atoms with van der Waals surface area (Å²) in [6, 6.07) is 0. The van der Waals surface area contributed by atoms with Crippen LogP contribution in [-0.2, 0) is 4.74 Å². The van der Waals surface area contributed by atoms with Crippen molar-refractivity contribution >= 4 is 23.5 Å². The SMILES string of the molecule is COC(=O)c1cnc(C)nc1N1CCCSCC1. The van der Waals surface area contributed by atoms with Gasteiger partial charge in [0.2, 0.25) is 0 Å². The molecule has 6 heteroatoms. The highest BCUT2D eigenvalue weighted by Gasteiger charge is 2.20. The molecular formula is C12H17N3O2S. The van der Waals surface area contributed by atoms with E-state index in [0.29, 0.717) is 17.2 Å². The normalized spacial score (nSPS) is 16.2. The third-order valence-corrected chi connectivity index (χ3v) is 3.86. The lowest BCUT2D eigenvalue weighted by molar-refractivity contribution is 0.0600. The van der Waals surface area contributed by atoms with Gasteiger partial charge in [0.05, 0.1) is 7.11 Å². The largest absolute Gasteiger partial charge is 0.465 e. The highest BCUT2D eigenvalue weighted by molar-refractivity contribution is 7.99.